The lowest BCUT2D eigenvalue weighted by Gasteiger charge is -2.14. The van der Waals surface area contributed by atoms with E-state index in [1.54, 1.807) is 7.11 Å². The third-order valence-corrected chi connectivity index (χ3v) is 4.63. The van der Waals surface area contributed by atoms with Gasteiger partial charge in [-0.05, 0) is 19.3 Å². The number of hydrogen-bond donors (Lipinski definition) is 2. The summed E-state index contributed by atoms with van der Waals surface area (Å²) in [6, 6.07) is -0.298. The van der Waals surface area contributed by atoms with Crippen molar-refractivity contribution in [3.8, 4) is 0 Å². The number of nitrogens with one attached hydrogen (secondary N) is 1. The van der Waals surface area contributed by atoms with E-state index in [9.17, 15) is 4.79 Å². The van der Waals surface area contributed by atoms with Crippen LogP contribution in [0.25, 0.3) is 0 Å². The molecule has 4 nitrogen and oxygen atoms in total. The predicted molar refractivity (Wildman–Crippen MR) is 110 cm³/mol. The molecule has 0 aliphatic rings. The number of methoxy groups -OCH3 is 1. The van der Waals surface area contributed by atoms with Crippen LogP contribution in [0.4, 0.5) is 0 Å². The first kappa shape index (κ1) is 25.1. The number of aliphatic hydroxyl groups is 1. The Morgan fingerprint density at radius 2 is 1.46 bits per heavy atom. The van der Waals surface area contributed by atoms with Crippen molar-refractivity contribution in [1.29, 1.82) is 0 Å². The molecule has 1 atom stereocenters. The third kappa shape index (κ3) is 17.9. The van der Waals surface area contributed by atoms with Gasteiger partial charge in [0.25, 0.3) is 0 Å². The monoisotopic (exact) mass is 369 g/mol. The first-order chi connectivity index (χ1) is 12.7. The Bertz CT molecular complexity index is 331. The summed E-state index contributed by atoms with van der Waals surface area (Å²) >= 11 is 0. The van der Waals surface area contributed by atoms with Crippen LogP contribution in [-0.2, 0) is 9.53 Å². The normalized spacial score (nSPS) is 12.6. The standard InChI is InChI=1S/C22H43NO3/c1-3-4-5-6-7-8-9-10-11-12-13-14-15-16-17-18-22(25)23-21(19-24)20-26-2/h15-16,21,24H,3-14,17-20H2,1-2H3,(H,23,25). The lowest BCUT2D eigenvalue weighted by atomic mass is 10.1. The van der Waals surface area contributed by atoms with Crippen molar-refractivity contribution in [3.63, 3.8) is 0 Å². The highest BCUT2D eigenvalue weighted by atomic mass is 16.5. The number of carbonyl (C=O) groups is 1. The SMILES string of the molecule is CCCCCCCCCCCCCC=CCCC(=O)NC(CO)COC. The summed E-state index contributed by atoms with van der Waals surface area (Å²) < 4.78 is 4.94. The molecule has 0 fully saturated rings. The Morgan fingerprint density at radius 3 is 2.00 bits per heavy atom. The molecule has 154 valence electrons. The molecule has 0 aromatic rings. The van der Waals surface area contributed by atoms with Gasteiger partial charge in [-0.15, -0.1) is 0 Å². The maximum Gasteiger partial charge on any atom is 0.220 e. The van der Waals surface area contributed by atoms with E-state index >= 15 is 0 Å². The second-order valence-corrected chi connectivity index (χ2v) is 7.24. The Morgan fingerprint density at radius 1 is 0.923 bits per heavy atom. The topological polar surface area (TPSA) is 58.6 Å². The van der Waals surface area contributed by atoms with Gasteiger partial charge in [-0.2, -0.15) is 0 Å². The van der Waals surface area contributed by atoms with Crippen LogP contribution in [0.2, 0.25) is 0 Å². The number of rotatable bonds is 19. The van der Waals surface area contributed by atoms with Crippen molar-refractivity contribution < 1.29 is 14.6 Å². The number of unbranched alkanes of at least 4 members (excludes halogenated alkanes) is 11. The predicted octanol–water partition coefficient (Wildman–Crippen LogP) is 5.15. The minimum absolute atomic E-state index is 0.0274. The average molecular weight is 370 g/mol. The van der Waals surface area contributed by atoms with Crippen molar-refractivity contribution >= 4 is 5.91 Å². The highest BCUT2D eigenvalue weighted by Crippen LogP contribution is 2.12. The Kier molecular flexibility index (Phi) is 19.8. The highest BCUT2D eigenvalue weighted by Gasteiger charge is 2.09. The number of ether oxygens (including phenoxy) is 1. The van der Waals surface area contributed by atoms with Crippen LogP contribution in [0.5, 0.6) is 0 Å². The van der Waals surface area contributed by atoms with Gasteiger partial charge in [-0.25, -0.2) is 0 Å². The van der Waals surface area contributed by atoms with Crippen LogP contribution in [0.15, 0.2) is 12.2 Å². The number of hydrogen-bond acceptors (Lipinski definition) is 3. The Hall–Kier alpha value is -0.870. The molecule has 0 radical (unpaired) electrons. The van der Waals surface area contributed by atoms with E-state index in [4.69, 9.17) is 9.84 Å². The van der Waals surface area contributed by atoms with Gasteiger partial charge in [-0.1, -0.05) is 83.3 Å². The fourth-order valence-corrected chi connectivity index (χ4v) is 3.02. The minimum atomic E-state index is -0.298. The summed E-state index contributed by atoms with van der Waals surface area (Å²) in [6.07, 6.45) is 21.7. The van der Waals surface area contributed by atoms with E-state index in [1.165, 1.54) is 70.6 Å². The van der Waals surface area contributed by atoms with E-state index in [1.807, 2.05) is 0 Å². The second kappa shape index (κ2) is 20.4. The van der Waals surface area contributed by atoms with E-state index in [2.05, 4.69) is 24.4 Å². The zero-order valence-corrected chi connectivity index (χ0v) is 17.3. The first-order valence-corrected chi connectivity index (χ1v) is 10.8. The number of carbonyl (C=O) groups excluding carboxylic acids is 1. The smallest absolute Gasteiger partial charge is 0.220 e. The van der Waals surface area contributed by atoms with Crippen LogP contribution in [0.1, 0.15) is 96.8 Å². The molecule has 1 unspecified atom stereocenters. The molecule has 0 aromatic carbocycles. The average Bonchev–Trinajstić information content (AvgIpc) is 2.64. The van der Waals surface area contributed by atoms with Gasteiger partial charge in [0.15, 0.2) is 0 Å². The molecular weight excluding hydrogens is 326 g/mol. The van der Waals surface area contributed by atoms with Crippen molar-refractivity contribution in [2.75, 3.05) is 20.3 Å². The van der Waals surface area contributed by atoms with Crippen LogP contribution < -0.4 is 5.32 Å². The van der Waals surface area contributed by atoms with Gasteiger partial charge < -0.3 is 15.2 Å². The lowest BCUT2D eigenvalue weighted by Crippen LogP contribution is -2.40. The molecule has 0 bridgehead atoms. The van der Waals surface area contributed by atoms with Gasteiger partial charge in [0, 0.05) is 13.5 Å². The Balaban J connectivity index is 3.34. The van der Waals surface area contributed by atoms with Crippen LogP contribution >= 0.6 is 0 Å². The van der Waals surface area contributed by atoms with Crippen molar-refractivity contribution in [3.05, 3.63) is 12.2 Å². The zero-order chi connectivity index (χ0) is 19.3. The molecule has 0 rings (SSSR count). The van der Waals surface area contributed by atoms with Crippen LogP contribution in [0.3, 0.4) is 0 Å². The summed E-state index contributed by atoms with van der Waals surface area (Å²) in [5.41, 5.74) is 0. The maximum absolute atomic E-state index is 11.7. The zero-order valence-electron chi connectivity index (χ0n) is 17.3. The van der Waals surface area contributed by atoms with Gasteiger partial charge in [0.05, 0.1) is 19.3 Å². The molecule has 0 saturated heterocycles. The fourth-order valence-electron chi connectivity index (χ4n) is 3.02. The number of allylic oxidation sites excluding steroid dienone is 2. The molecule has 26 heavy (non-hydrogen) atoms. The number of amides is 1. The summed E-state index contributed by atoms with van der Waals surface area (Å²) in [6.45, 7) is 2.52. The molecule has 0 heterocycles. The van der Waals surface area contributed by atoms with E-state index in [0.29, 0.717) is 13.0 Å². The fraction of sp³-hybridized carbons (Fsp3) is 0.864. The van der Waals surface area contributed by atoms with Crippen molar-refractivity contribution in [1.82, 2.24) is 5.32 Å². The largest absolute Gasteiger partial charge is 0.394 e. The molecule has 4 heteroatoms. The van der Waals surface area contributed by atoms with Crippen LogP contribution in [-0.4, -0.2) is 37.4 Å². The van der Waals surface area contributed by atoms with Crippen molar-refractivity contribution in [2.45, 2.75) is 103 Å². The molecule has 0 aliphatic heterocycles. The summed E-state index contributed by atoms with van der Waals surface area (Å²) in [4.78, 5) is 11.7. The van der Waals surface area contributed by atoms with Crippen molar-refractivity contribution in [2.24, 2.45) is 0 Å². The van der Waals surface area contributed by atoms with E-state index < -0.39 is 0 Å². The van der Waals surface area contributed by atoms with E-state index in [0.717, 1.165) is 12.8 Å². The lowest BCUT2D eigenvalue weighted by molar-refractivity contribution is -0.122. The maximum atomic E-state index is 11.7. The molecule has 2 N–H and O–H groups in total. The van der Waals surface area contributed by atoms with Gasteiger partial charge >= 0.3 is 0 Å². The second-order valence-electron chi connectivity index (χ2n) is 7.24. The summed E-state index contributed by atoms with van der Waals surface area (Å²) in [5, 5.41) is 11.9. The molecule has 1 amide bonds. The Labute approximate surface area is 161 Å². The first-order valence-electron chi connectivity index (χ1n) is 10.8. The molecular formula is C22H43NO3. The van der Waals surface area contributed by atoms with E-state index in [-0.39, 0.29) is 18.6 Å². The molecule has 0 saturated carbocycles. The van der Waals surface area contributed by atoms with Gasteiger partial charge in [0.1, 0.15) is 0 Å². The minimum Gasteiger partial charge on any atom is -0.394 e. The third-order valence-electron chi connectivity index (χ3n) is 4.63. The molecule has 0 aliphatic carbocycles. The summed E-state index contributed by atoms with van der Waals surface area (Å²) in [7, 11) is 1.56. The van der Waals surface area contributed by atoms with Gasteiger partial charge in [-0.3, -0.25) is 4.79 Å². The summed E-state index contributed by atoms with van der Waals surface area (Å²) in [5.74, 6) is -0.0274. The molecule has 0 spiro atoms. The quantitative estimate of drug-likeness (QED) is 0.245. The van der Waals surface area contributed by atoms with Crippen LogP contribution in [0, 0.1) is 0 Å². The molecule has 0 aromatic heterocycles. The van der Waals surface area contributed by atoms with Gasteiger partial charge in [0.2, 0.25) is 5.91 Å². The number of aliphatic hydroxyl groups excluding tert-OH is 1. The highest BCUT2D eigenvalue weighted by molar-refractivity contribution is 5.76.